The van der Waals surface area contributed by atoms with Crippen LogP contribution in [0.2, 0.25) is 0 Å². The molecule has 2 saturated carbocycles. The first-order chi connectivity index (χ1) is 10.8. The molecule has 0 aromatic rings. The summed E-state index contributed by atoms with van der Waals surface area (Å²) < 4.78 is 5.17. The zero-order valence-corrected chi connectivity index (χ0v) is 15.0. The minimum Gasteiger partial charge on any atom is -0.469 e. The van der Waals surface area contributed by atoms with Gasteiger partial charge in [-0.25, -0.2) is 0 Å². The maximum Gasteiger partial charge on any atom is 0.311 e. The predicted octanol–water partition coefficient (Wildman–Crippen LogP) is 4.31. The molecule has 23 heavy (non-hydrogen) atoms. The highest BCUT2D eigenvalue weighted by atomic mass is 16.5. The molecule has 0 spiro atoms. The van der Waals surface area contributed by atoms with Gasteiger partial charge in [-0.3, -0.25) is 4.79 Å². The number of esters is 1. The van der Waals surface area contributed by atoms with E-state index in [1.807, 2.05) is 0 Å². The van der Waals surface area contributed by atoms with Crippen LogP contribution in [0.1, 0.15) is 65.7 Å². The summed E-state index contributed by atoms with van der Waals surface area (Å²) in [6.45, 7) is 6.56. The Morgan fingerprint density at radius 3 is 2.65 bits per heavy atom. The molecular weight excluding hydrogens is 288 g/mol. The SMILES string of the molecule is COC(=O)[C@]1(C)CCC[C@@]2(C)C3=CC[C@@](C)(C=O)C[C@H]3CC[C@H]12. The molecule has 3 aliphatic rings. The van der Waals surface area contributed by atoms with Crippen LogP contribution in [-0.2, 0) is 14.3 Å². The molecule has 0 N–H and O–H groups in total. The van der Waals surface area contributed by atoms with Crippen molar-refractivity contribution in [2.24, 2.45) is 28.1 Å². The van der Waals surface area contributed by atoms with Gasteiger partial charge in [0.1, 0.15) is 6.29 Å². The van der Waals surface area contributed by atoms with Gasteiger partial charge >= 0.3 is 5.97 Å². The van der Waals surface area contributed by atoms with Gasteiger partial charge < -0.3 is 9.53 Å². The van der Waals surface area contributed by atoms with Gasteiger partial charge in [0.25, 0.3) is 0 Å². The Kier molecular flexibility index (Phi) is 3.97. The number of hydrogen-bond acceptors (Lipinski definition) is 3. The molecule has 0 aromatic carbocycles. The Bertz CT molecular complexity index is 551. The summed E-state index contributed by atoms with van der Waals surface area (Å²) in [6, 6.07) is 0. The second-order valence-corrected chi connectivity index (χ2v) is 8.85. The van der Waals surface area contributed by atoms with Crippen molar-refractivity contribution in [3.63, 3.8) is 0 Å². The molecule has 3 aliphatic carbocycles. The van der Waals surface area contributed by atoms with Crippen molar-refractivity contribution in [1.29, 1.82) is 0 Å². The summed E-state index contributed by atoms with van der Waals surface area (Å²) in [5.41, 5.74) is 1.06. The van der Waals surface area contributed by atoms with E-state index in [1.165, 1.54) is 12.7 Å². The fourth-order valence-corrected chi connectivity index (χ4v) is 6.02. The monoisotopic (exact) mass is 318 g/mol. The molecule has 0 heterocycles. The highest BCUT2D eigenvalue weighted by molar-refractivity contribution is 5.77. The number of fused-ring (bicyclic) bond motifs is 3. The topological polar surface area (TPSA) is 43.4 Å². The highest BCUT2D eigenvalue weighted by Gasteiger charge is 2.58. The zero-order chi connectivity index (χ0) is 16.9. The summed E-state index contributed by atoms with van der Waals surface area (Å²) in [5.74, 6) is 0.834. The molecule has 0 bridgehead atoms. The summed E-state index contributed by atoms with van der Waals surface area (Å²) in [7, 11) is 1.51. The molecule has 0 unspecified atom stereocenters. The van der Waals surface area contributed by atoms with E-state index in [2.05, 4.69) is 26.8 Å². The average molecular weight is 318 g/mol. The predicted molar refractivity (Wildman–Crippen MR) is 89.8 cm³/mol. The number of carbonyl (C=O) groups excluding carboxylic acids is 2. The molecule has 0 amide bonds. The normalized spacial score (nSPS) is 46.2. The van der Waals surface area contributed by atoms with E-state index < -0.39 is 0 Å². The van der Waals surface area contributed by atoms with Gasteiger partial charge in [0, 0.05) is 5.41 Å². The lowest BCUT2D eigenvalue weighted by Gasteiger charge is -2.58. The fraction of sp³-hybridized carbons (Fsp3) is 0.800. The zero-order valence-electron chi connectivity index (χ0n) is 15.0. The van der Waals surface area contributed by atoms with Crippen molar-refractivity contribution < 1.29 is 14.3 Å². The van der Waals surface area contributed by atoms with E-state index in [4.69, 9.17) is 4.74 Å². The van der Waals surface area contributed by atoms with Crippen molar-refractivity contribution in [2.45, 2.75) is 65.7 Å². The van der Waals surface area contributed by atoms with Crippen LogP contribution in [0.15, 0.2) is 11.6 Å². The average Bonchev–Trinajstić information content (AvgIpc) is 2.53. The minimum atomic E-state index is -0.362. The maximum absolute atomic E-state index is 12.5. The third-order valence-corrected chi connectivity index (χ3v) is 7.27. The second-order valence-electron chi connectivity index (χ2n) is 8.85. The van der Waals surface area contributed by atoms with Gasteiger partial charge in [0.05, 0.1) is 12.5 Å². The fourth-order valence-electron chi connectivity index (χ4n) is 6.02. The number of rotatable bonds is 2. The Morgan fingerprint density at radius 1 is 1.26 bits per heavy atom. The van der Waals surface area contributed by atoms with Crippen LogP contribution in [0.25, 0.3) is 0 Å². The Hall–Kier alpha value is -1.12. The second kappa shape index (κ2) is 5.46. The van der Waals surface area contributed by atoms with Crippen LogP contribution >= 0.6 is 0 Å². The van der Waals surface area contributed by atoms with E-state index in [9.17, 15) is 9.59 Å². The molecule has 0 aromatic heterocycles. The van der Waals surface area contributed by atoms with Crippen molar-refractivity contribution in [1.82, 2.24) is 0 Å². The van der Waals surface area contributed by atoms with Crippen molar-refractivity contribution in [3.8, 4) is 0 Å². The van der Waals surface area contributed by atoms with Crippen LogP contribution in [-0.4, -0.2) is 19.4 Å². The van der Waals surface area contributed by atoms with Crippen molar-refractivity contribution in [3.05, 3.63) is 11.6 Å². The summed E-state index contributed by atoms with van der Waals surface area (Å²) in [4.78, 5) is 24.0. The lowest BCUT2D eigenvalue weighted by Crippen LogP contribution is -2.53. The number of ether oxygens (including phenoxy) is 1. The third-order valence-electron chi connectivity index (χ3n) is 7.27. The quantitative estimate of drug-likeness (QED) is 0.433. The van der Waals surface area contributed by atoms with Crippen LogP contribution in [0.4, 0.5) is 0 Å². The molecule has 0 radical (unpaired) electrons. The van der Waals surface area contributed by atoms with Crippen molar-refractivity contribution >= 4 is 12.3 Å². The van der Waals surface area contributed by atoms with Gasteiger partial charge in [0.2, 0.25) is 0 Å². The van der Waals surface area contributed by atoms with Crippen molar-refractivity contribution in [2.75, 3.05) is 7.11 Å². The lowest BCUT2D eigenvalue weighted by molar-refractivity contribution is -0.164. The van der Waals surface area contributed by atoms with E-state index in [0.717, 1.165) is 51.2 Å². The molecule has 2 fully saturated rings. The molecule has 0 saturated heterocycles. The van der Waals surface area contributed by atoms with E-state index in [-0.39, 0.29) is 22.2 Å². The number of hydrogen-bond donors (Lipinski definition) is 0. The Balaban J connectivity index is 1.98. The molecule has 128 valence electrons. The highest BCUT2D eigenvalue weighted by Crippen LogP contribution is 2.63. The number of methoxy groups -OCH3 is 1. The first kappa shape index (κ1) is 16.7. The number of aldehydes is 1. The molecule has 3 heteroatoms. The summed E-state index contributed by atoms with van der Waals surface area (Å²) in [6.07, 6.45) is 10.6. The number of carbonyl (C=O) groups is 2. The maximum atomic E-state index is 12.5. The first-order valence-electron chi connectivity index (χ1n) is 9.04. The Morgan fingerprint density at radius 2 is 2.00 bits per heavy atom. The van der Waals surface area contributed by atoms with E-state index >= 15 is 0 Å². The van der Waals surface area contributed by atoms with Gasteiger partial charge in [-0.15, -0.1) is 0 Å². The van der Waals surface area contributed by atoms with Gasteiger partial charge in [-0.05, 0) is 62.7 Å². The van der Waals surface area contributed by atoms with Gasteiger partial charge in [0.15, 0.2) is 0 Å². The van der Waals surface area contributed by atoms with Gasteiger partial charge in [-0.1, -0.05) is 31.9 Å². The van der Waals surface area contributed by atoms with Crippen LogP contribution in [0.3, 0.4) is 0 Å². The summed E-state index contributed by atoms with van der Waals surface area (Å²) >= 11 is 0. The largest absolute Gasteiger partial charge is 0.469 e. The molecule has 0 aliphatic heterocycles. The smallest absolute Gasteiger partial charge is 0.311 e. The lowest BCUT2D eigenvalue weighted by atomic mass is 9.46. The number of allylic oxidation sites excluding steroid dienone is 2. The molecule has 5 atom stereocenters. The third kappa shape index (κ3) is 2.38. The van der Waals surface area contributed by atoms with Crippen LogP contribution in [0, 0.1) is 28.1 Å². The molecule has 3 rings (SSSR count). The molecule has 3 nitrogen and oxygen atoms in total. The van der Waals surface area contributed by atoms with E-state index in [0.29, 0.717) is 11.8 Å². The van der Waals surface area contributed by atoms with Gasteiger partial charge in [-0.2, -0.15) is 0 Å². The van der Waals surface area contributed by atoms with E-state index in [1.54, 1.807) is 0 Å². The van der Waals surface area contributed by atoms with Crippen LogP contribution < -0.4 is 0 Å². The Labute approximate surface area is 139 Å². The first-order valence-corrected chi connectivity index (χ1v) is 9.04. The minimum absolute atomic E-state index is 0.0407. The summed E-state index contributed by atoms with van der Waals surface area (Å²) in [5, 5.41) is 0. The standard InChI is InChI=1S/C20H30O3/c1-18(13-21)11-8-15-14(12-18)6-7-16-19(15,2)9-5-10-20(16,3)17(22)23-4/h8,13-14,16H,5-7,9-12H2,1-4H3/t14-,16+,18-,19+,20-/m1/s1. The molecular formula is C20H30O3. The van der Waals surface area contributed by atoms with Crippen LogP contribution in [0.5, 0.6) is 0 Å².